The van der Waals surface area contributed by atoms with Gasteiger partial charge in [0.25, 0.3) is 0 Å². The molecule has 1 saturated heterocycles. The molecule has 1 aromatic carbocycles. The van der Waals surface area contributed by atoms with E-state index in [4.69, 9.17) is 4.74 Å². The van der Waals surface area contributed by atoms with Crippen LogP contribution in [0.2, 0.25) is 0 Å². The topological polar surface area (TPSA) is 29.6 Å². The molecule has 3 rings (SSSR count). The number of ketones is 1. The van der Waals surface area contributed by atoms with Crippen LogP contribution in [0, 0.1) is 0 Å². The second kappa shape index (κ2) is 3.17. The monoisotopic (exact) mass is 202 g/mol. The van der Waals surface area contributed by atoms with Gasteiger partial charge in [0.2, 0.25) is 0 Å². The van der Waals surface area contributed by atoms with Gasteiger partial charge in [0.15, 0.2) is 5.78 Å². The Labute approximate surface area is 89.2 Å². The largest absolute Gasteiger partial charge is 0.358 e. The van der Waals surface area contributed by atoms with Crippen molar-refractivity contribution < 1.29 is 9.53 Å². The first-order chi connectivity index (χ1) is 7.30. The van der Waals surface area contributed by atoms with E-state index in [1.807, 2.05) is 6.07 Å². The van der Waals surface area contributed by atoms with Crippen LogP contribution in [-0.2, 0) is 16.0 Å². The van der Waals surface area contributed by atoms with E-state index in [0.717, 1.165) is 25.7 Å². The zero-order valence-electron chi connectivity index (χ0n) is 8.61. The standard InChI is InChI=1S/C13H14O2/c14-11-7-9-13(12(11)15-13)8-6-10-4-2-1-3-5-10/h1-5,12H,6-9H2/t12-,13+/m1/s1. The highest BCUT2D eigenvalue weighted by Crippen LogP contribution is 2.50. The molecule has 15 heavy (non-hydrogen) atoms. The molecule has 2 nitrogen and oxygen atoms in total. The first kappa shape index (κ1) is 9.10. The summed E-state index contributed by atoms with van der Waals surface area (Å²) in [6.45, 7) is 0. The molecule has 78 valence electrons. The van der Waals surface area contributed by atoms with Crippen LogP contribution < -0.4 is 0 Å². The van der Waals surface area contributed by atoms with E-state index < -0.39 is 0 Å². The Morgan fingerprint density at radius 2 is 2.13 bits per heavy atom. The average molecular weight is 202 g/mol. The SMILES string of the molecule is O=C1CC[C@]2(CCc3ccccc3)O[C@H]12. The normalized spacial score (nSPS) is 32.8. The van der Waals surface area contributed by atoms with Crippen LogP contribution in [0.25, 0.3) is 0 Å². The van der Waals surface area contributed by atoms with Gasteiger partial charge in [-0.05, 0) is 24.8 Å². The molecule has 0 aromatic heterocycles. The summed E-state index contributed by atoms with van der Waals surface area (Å²) in [6, 6.07) is 10.4. The van der Waals surface area contributed by atoms with Crippen molar-refractivity contribution in [1.82, 2.24) is 0 Å². The maximum absolute atomic E-state index is 11.3. The van der Waals surface area contributed by atoms with Crippen LogP contribution >= 0.6 is 0 Å². The van der Waals surface area contributed by atoms with Gasteiger partial charge in [0, 0.05) is 6.42 Å². The van der Waals surface area contributed by atoms with Crippen LogP contribution in [0.5, 0.6) is 0 Å². The van der Waals surface area contributed by atoms with Crippen molar-refractivity contribution in [2.24, 2.45) is 0 Å². The molecule has 0 N–H and O–H groups in total. The smallest absolute Gasteiger partial charge is 0.164 e. The van der Waals surface area contributed by atoms with Gasteiger partial charge in [-0.2, -0.15) is 0 Å². The minimum atomic E-state index is -0.0626. The molecule has 0 radical (unpaired) electrons. The van der Waals surface area contributed by atoms with Gasteiger partial charge in [0.1, 0.15) is 11.7 Å². The number of benzene rings is 1. The predicted octanol–water partition coefficient (Wildman–Crippen LogP) is 2.12. The number of hydrogen-bond donors (Lipinski definition) is 0. The molecule has 0 spiro atoms. The Hall–Kier alpha value is -1.15. The highest BCUT2D eigenvalue weighted by Gasteiger charge is 2.63. The first-order valence-corrected chi connectivity index (χ1v) is 5.55. The van der Waals surface area contributed by atoms with Gasteiger partial charge in [0.05, 0.1) is 0 Å². The zero-order chi connectivity index (χ0) is 10.3. The van der Waals surface area contributed by atoms with Gasteiger partial charge in [-0.25, -0.2) is 0 Å². The van der Waals surface area contributed by atoms with Gasteiger partial charge in [-0.3, -0.25) is 4.79 Å². The number of carbonyl (C=O) groups is 1. The lowest BCUT2D eigenvalue weighted by molar-refractivity contribution is -0.120. The van der Waals surface area contributed by atoms with Gasteiger partial charge < -0.3 is 4.74 Å². The van der Waals surface area contributed by atoms with Crippen molar-refractivity contribution in [3.05, 3.63) is 35.9 Å². The van der Waals surface area contributed by atoms with E-state index in [1.54, 1.807) is 0 Å². The van der Waals surface area contributed by atoms with Crippen LogP contribution in [0.1, 0.15) is 24.8 Å². The third-order valence-corrected chi connectivity index (χ3v) is 3.54. The molecule has 1 aliphatic carbocycles. The van der Waals surface area contributed by atoms with Gasteiger partial charge in [-0.1, -0.05) is 30.3 Å². The van der Waals surface area contributed by atoms with Crippen LogP contribution in [0.3, 0.4) is 0 Å². The number of epoxide rings is 1. The number of rotatable bonds is 3. The van der Waals surface area contributed by atoms with Crippen molar-refractivity contribution in [3.8, 4) is 0 Å². The Bertz CT molecular complexity index is 385. The van der Waals surface area contributed by atoms with Gasteiger partial charge in [-0.15, -0.1) is 0 Å². The molecule has 2 heteroatoms. The number of carbonyl (C=O) groups excluding carboxylic acids is 1. The fraction of sp³-hybridized carbons (Fsp3) is 0.462. The summed E-state index contributed by atoms with van der Waals surface area (Å²) in [5, 5.41) is 0. The summed E-state index contributed by atoms with van der Waals surface area (Å²) in [5.41, 5.74) is 1.27. The van der Waals surface area contributed by atoms with Crippen molar-refractivity contribution in [3.63, 3.8) is 0 Å². The summed E-state index contributed by atoms with van der Waals surface area (Å²) in [4.78, 5) is 11.3. The Kier molecular flexibility index (Phi) is 1.93. The number of aryl methyl sites for hydroxylation is 1. The maximum Gasteiger partial charge on any atom is 0.164 e. The van der Waals surface area contributed by atoms with Crippen molar-refractivity contribution in [1.29, 1.82) is 0 Å². The Morgan fingerprint density at radius 3 is 2.73 bits per heavy atom. The van der Waals surface area contributed by atoms with Crippen LogP contribution in [0.15, 0.2) is 30.3 Å². The van der Waals surface area contributed by atoms with Crippen LogP contribution in [-0.4, -0.2) is 17.5 Å². The molecular formula is C13H14O2. The fourth-order valence-corrected chi connectivity index (χ4v) is 2.53. The second-order valence-electron chi connectivity index (χ2n) is 4.51. The van der Waals surface area contributed by atoms with E-state index in [2.05, 4.69) is 24.3 Å². The lowest BCUT2D eigenvalue weighted by atomic mass is 9.97. The van der Waals surface area contributed by atoms with E-state index in [0.29, 0.717) is 5.78 Å². The van der Waals surface area contributed by atoms with Crippen molar-refractivity contribution in [2.45, 2.75) is 37.4 Å². The fourth-order valence-electron chi connectivity index (χ4n) is 2.53. The van der Waals surface area contributed by atoms with Gasteiger partial charge >= 0.3 is 0 Å². The lowest BCUT2D eigenvalue weighted by Crippen LogP contribution is -2.11. The number of hydrogen-bond acceptors (Lipinski definition) is 2. The number of fused-ring (bicyclic) bond motifs is 1. The molecule has 1 aromatic rings. The Balaban J connectivity index is 1.62. The maximum atomic E-state index is 11.3. The van der Waals surface area contributed by atoms with Crippen molar-refractivity contribution >= 4 is 5.78 Å². The summed E-state index contributed by atoms with van der Waals surface area (Å²) < 4.78 is 5.52. The summed E-state index contributed by atoms with van der Waals surface area (Å²) in [6.07, 6.45) is 3.61. The number of Topliss-reactive ketones (excluding diaryl/α,β-unsaturated/α-hetero) is 1. The van der Waals surface area contributed by atoms with Crippen molar-refractivity contribution in [2.75, 3.05) is 0 Å². The highest BCUT2D eigenvalue weighted by atomic mass is 16.6. The minimum absolute atomic E-state index is 0.0544. The molecule has 0 bridgehead atoms. The molecule has 1 heterocycles. The highest BCUT2D eigenvalue weighted by molar-refractivity contribution is 5.90. The molecule has 1 aliphatic heterocycles. The second-order valence-corrected chi connectivity index (χ2v) is 4.51. The molecular weight excluding hydrogens is 188 g/mol. The Morgan fingerprint density at radius 1 is 1.33 bits per heavy atom. The average Bonchev–Trinajstić information content (AvgIpc) is 2.93. The third kappa shape index (κ3) is 1.49. The first-order valence-electron chi connectivity index (χ1n) is 5.55. The molecule has 2 fully saturated rings. The van der Waals surface area contributed by atoms with E-state index in [9.17, 15) is 4.79 Å². The van der Waals surface area contributed by atoms with Crippen LogP contribution in [0.4, 0.5) is 0 Å². The van der Waals surface area contributed by atoms with E-state index in [1.165, 1.54) is 5.56 Å². The zero-order valence-corrected chi connectivity index (χ0v) is 8.61. The molecule has 0 unspecified atom stereocenters. The van der Waals surface area contributed by atoms with E-state index in [-0.39, 0.29) is 11.7 Å². The minimum Gasteiger partial charge on any atom is -0.358 e. The molecule has 2 aliphatic rings. The quantitative estimate of drug-likeness (QED) is 0.703. The molecule has 2 atom stereocenters. The molecule has 0 amide bonds. The summed E-state index contributed by atoms with van der Waals surface area (Å²) >= 11 is 0. The summed E-state index contributed by atoms with van der Waals surface area (Å²) in [7, 11) is 0. The number of ether oxygens (including phenoxy) is 1. The predicted molar refractivity (Wildman–Crippen MR) is 56.6 cm³/mol. The van der Waals surface area contributed by atoms with E-state index >= 15 is 0 Å². The third-order valence-electron chi connectivity index (χ3n) is 3.54. The lowest BCUT2D eigenvalue weighted by Gasteiger charge is -2.07. The molecule has 1 saturated carbocycles. The summed E-state index contributed by atoms with van der Waals surface area (Å²) in [5.74, 6) is 0.308.